The highest BCUT2D eigenvalue weighted by Gasteiger charge is 2.53. The predicted octanol–water partition coefficient (Wildman–Crippen LogP) is 4.66. The minimum atomic E-state index is -0.274. The molecule has 0 saturated heterocycles. The highest BCUT2D eigenvalue weighted by atomic mass is 16.5. The third-order valence-corrected chi connectivity index (χ3v) is 6.90. The Morgan fingerprint density at radius 3 is 2.75 bits per heavy atom. The number of hydrogen-bond acceptors (Lipinski definition) is 3. The number of rotatable bonds is 5. The van der Waals surface area contributed by atoms with Crippen LogP contribution in [0.2, 0.25) is 0 Å². The van der Waals surface area contributed by atoms with Crippen molar-refractivity contribution in [2.45, 2.75) is 65.7 Å². The lowest BCUT2D eigenvalue weighted by molar-refractivity contribution is -0.134. The molecule has 2 fully saturated rings. The largest absolute Gasteiger partial charge is 0.466 e. The van der Waals surface area contributed by atoms with Gasteiger partial charge in [-0.15, -0.1) is 0 Å². The molecular formula is C21H34O3. The molecule has 2 aliphatic rings. The topological polar surface area (TPSA) is 46.5 Å². The summed E-state index contributed by atoms with van der Waals surface area (Å²) in [5.41, 5.74) is 2.70. The molecule has 0 aromatic carbocycles. The van der Waals surface area contributed by atoms with Crippen LogP contribution in [0.3, 0.4) is 0 Å². The molecule has 3 nitrogen and oxygen atoms in total. The van der Waals surface area contributed by atoms with E-state index in [1.165, 1.54) is 25.5 Å². The molecule has 0 spiro atoms. The van der Waals surface area contributed by atoms with Crippen LogP contribution < -0.4 is 0 Å². The summed E-state index contributed by atoms with van der Waals surface area (Å²) in [6.45, 7) is 11.4. The lowest BCUT2D eigenvalue weighted by Gasteiger charge is -2.58. The molecule has 0 radical (unpaired) electrons. The lowest BCUT2D eigenvalue weighted by Crippen LogP contribution is -2.51. The van der Waals surface area contributed by atoms with Crippen molar-refractivity contribution < 1.29 is 14.6 Å². The number of hydrogen-bond donors (Lipinski definition) is 1. The van der Waals surface area contributed by atoms with Gasteiger partial charge in [0, 0.05) is 12.7 Å². The highest BCUT2D eigenvalue weighted by Crippen LogP contribution is 2.61. The Balaban J connectivity index is 2.17. The maximum absolute atomic E-state index is 11.4. The number of fused-ring (bicyclic) bond motifs is 1. The van der Waals surface area contributed by atoms with E-state index in [9.17, 15) is 9.90 Å². The molecule has 0 aromatic heterocycles. The Morgan fingerprint density at radius 1 is 1.42 bits per heavy atom. The average molecular weight is 334 g/mol. The maximum Gasteiger partial charge on any atom is 0.330 e. The van der Waals surface area contributed by atoms with Crippen molar-refractivity contribution in [2.24, 2.45) is 22.7 Å². The first kappa shape index (κ1) is 19.2. The van der Waals surface area contributed by atoms with Crippen molar-refractivity contribution in [3.8, 4) is 0 Å². The van der Waals surface area contributed by atoms with Crippen LogP contribution in [0.15, 0.2) is 23.8 Å². The second kappa shape index (κ2) is 7.43. The van der Waals surface area contributed by atoms with Gasteiger partial charge in [-0.2, -0.15) is 0 Å². The Kier molecular flexibility index (Phi) is 5.95. The Labute approximate surface area is 147 Å². The second-order valence-electron chi connectivity index (χ2n) is 8.53. The number of ether oxygens (including phenoxy) is 1. The number of esters is 1. The van der Waals surface area contributed by atoms with Crippen LogP contribution in [0.1, 0.15) is 65.7 Å². The summed E-state index contributed by atoms with van der Waals surface area (Å²) >= 11 is 0. The van der Waals surface area contributed by atoms with Crippen molar-refractivity contribution in [1.29, 1.82) is 0 Å². The molecule has 2 aliphatic carbocycles. The van der Waals surface area contributed by atoms with E-state index in [4.69, 9.17) is 4.74 Å². The Hall–Kier alpha value is -1.09. The molecule has 2 rings (SSSR count). The van der Waals surface area contributed by atoms with Crippen LogP contribution in [-0.4, -0.2) is 24.8 Å². The fourth-order valence-electron chi connectivity index (χ4n) is 5.51. The fraction of sp³-hybridized carbons (Fsp3) is 0.762. The molecule has 0 amide bonds. The van der Waals surface area contributed by atoms with Crippen molar-refractivity contribution in [1.82, 2.24) is 0 Å². The summed E-state index contributed by atoms with van der Waals surface area (Å²) in [5.74, 6) is 0.761. The molecule has 1 N–H and O–H groups in total. The van der Waals surface area contributed by atoms with Crippen LogP contribution in [-0.2, 0) is 9.53 Å². The molecule has 0 unspecified atom stereocenters. The van der Waals surface area contributed by atoms with E-state index < -0.39 is 0 Å². The van der Waals surface area contributed by atoms with Crippen molar-refractivity contribution >= 4 is 5.97 Å². The third kappa shape index (κ3) is 3.61. The van der Waals surface area contributed by atoms with E-state index in [-0.39, 0.29) is 23.4 Å². The van der Waals surface area contributed by atoms with Crippen molar-refractivity contribution in [2.75, 3.05) is 13.7 Å². The summed E-state index contributed by atoms with van der Waals surface area (Å²) in [6.07, 6.45) is 9.29. The zero-order valence-corrected chi connectivity index (χ0v) is 15.9. The minimum absolute atomic E-state index is 0.0445. The third-order valence-electron chi connectivity index (χ3n) is 6.90. The standard InChI is InChI=1S/C21H34O3/c1-15(13-19(23)24-5)7-9-17-16(2)8-10-18-20(3,14-22)11-6-12-21(17,18)4/h13,17-18,22H,2,6-12,14H2,1,3-5H3/b15-13+/t17-,18-,20+,21+/m1/s1. The van der Waals surface area contributed by atoms with Gasteiger partial charge < -0.3 is 9.84 Å². The molecular weight excluding hydrogens is 300 g/mol. The number of methoxy groups -OCH3 is 1. The zero-order chi connectivity index (χ0) is 18.0. The number of aliphatic hydroxyl groups is 1. The van der Waals surface area contributed by atoms with E-state index in [0.717, 1.165) is 37.7 Å². The average Bonchev–Trinajstić information content (AvgIpc) is 2.53. The van der Waals surface area contributed by atoms with Gasteiger partial charge in [0.2, 0.25) is 0 Å². The number of allylic oxidation sites excluding steroid dienone is 2. The Morgan fingerprint density at radius 2 is 2.12 bits per heavy atom. The van der Waals surface area contributed by atoms with Gasteiger partial charge in [0.15, 0.2) is 0 Å². The second-order valence-corrected chi connectivity index (χ2v) is 8.53. The predicted molar refractivity (Wildman–Crippen MR) is 97.5 cm³/mol. The van der Waals surface area contributed by atoms with Gasteiger partial charge in [-0.05, 0) is 68.1 Å². The first-order chi connectivity index (χ1) is 11.3. The maximum atomic E-state index is 11.4. The van der Waals surface area contributed by atoms with Gasteiger partial charge in [-0.25, -0.2) is 4.79 Å². The first-order valence-electron chi connectivity index (χ1n) is 9.30. The minimum Gasteiger partial charge on any atom is -0.466 e. The van der Waals surface area contributed by atoms with Crippen molar-refractivity contribution in [3.05, 3.63) is 23.8 Å². The summed E-state index contributed by atoms with van der Waals surface area (Å²) in [5, 5.41) is 10.0. The van der Waals surface area contributed by atoms with Crippen LogP contribution >= 0.6 is 0 Å². The van der Waals surface area contributed by atoms with Gasteiger partial charge in [-0.3, -0.25) is 0 Å². The van der Waals surface area contributed by atoms with Gasteiger partial charge in [0.1, 0.15) is 0 Å². The van der Waals surface area contributed by atoms with Gasteiger partial charge in [0.05, 0.1) is 7.11 Å². The zero-order valence-electron chi connectivity index (χ0n) is 15.9. The quantitative estimate of drug-likeness (QED) is 0.452. The van der Waals surface area contributed by atoms with Gasteiger partial charge in [0.25, 0.3) is 0 Å². The fourth-order valence-corrected chi connectivity index (χ4v) is 5.51. The number of aliphatic hydroxyl groups excluding tert-OH is 1. The van der Waals surface area contributed by atoms with Crippen LogP contribution in [0.5, 0.6) is 0 Å². The van der Waals surface area contributed by atoms with Crippen molar-refractivity contribution in [3.63, 3.8) is 0 Å². The molecule has 24 heavy (non-hydrogen) atoms. The molecule has 0 bridgehead atoms. The normalized spacial score (nSPS) is 37.0. The Bertz CT molecular complexity index is 521. The first-order valence-corrected chi connectivity index (χ1v) is 9.30. The molecule has 0 aliphatic heterocycles. The number of carbonyl (C=O) groups is 1. The molecule has 2 saturated carbocycles. The summed E-state index contributed by atoms with van der Waals surface area (Å²) in [7, 11) is 1.42. The summed E-state index contributed by atoms with van der Waals surface area (Å²) < 4.78 is 4.72. The molecule has 3 heteroatoms. The van der Waals surface area contributed by atoms with E-state index in [1.54, 1.807) is 6.08 Å². The molecule has 0 heterocycles. The SMILES string of the molecule is C=C1CC[C@@H]2[C@](C)(CO)CCC[C@@]2(C)[C@@H]1CC/C(C)=C/C(=O)OC. The van der Waals surface area contributed by atoms with E-state index in [0.29, 0.717) is 11.8 Å². The van der Waals surface area contributed by atoms with Crippen LogP contribution in [0.4, 0.5) is 0 Å². The molecule has 136 valence electrons. The van der Waals surface area contributed by atoms with E-state index in [1.807, 2.05) is 6.92 Å². The van der Waals surface area contributed by atoms with Gasteiger partial charge >= 0.3 is 5.97 Å². The summed E-state index contributed by atoms with van der Waals surface area (Å²) in [4.78, 5) is 11.4. The molecule has 0 aromatic rings. The van der Waals surface area contributed by atoms with Gasteiger partial charge in [-0.1, -0.05) is 38.0 Å². The lowest BCUT2D eigenvalue weighted by atomic mass is 9.47. The monoisotopic (exact) mass is 334 g/mol. The summed E-state index contributed by atoms with van der Waals surface area (Å²) in [6, 6.07) is 0. The molecule has 4 atom stereocenters. The van der Waals surface area contributed by atoms with Crippen LogP contribution in [0, 0.1) is 22.7 Å². The number of carbonyl (C=O) groups excluding carboxylic acids is 1. The van der Waals surface area contributed by atoms with Crippen LogP contribution in [0.25, 0.3) is 0 Å². The smallest absolute Gasteiger partial charge is 0.330 e. The highest BCUT2D eigenvalue weighted by molar-refractivity contribution is 5.82. The van der Waals surface area contributed by atoms with E-state index in [2.05, 4.69) is 20.4 Å². The van der Waals surface area contributed by atoms with E-state index >= 15 is 0 Å².